The van der Waals surface area contributed by atoms with Crippen LogP contribution in [0.15, 0.2) is 60.8 Å². The highest BCUT2D eigenvalue weighted by molar-refractivity contribution is 5.80. The molecule has 76 heavy (non-hydrogen) atoms. The fraction of sp³-hybridized carbons (Fsp3) is 0.815. The first-order valence-corrected chi connectivity index (χ1v) is 31.6. The highest BCUT2D eigenvalue weighted by Crippen LogP contribution is 2.26. The van der Waals surface area contributed by atoms with E-state index in [0.717, 1.165) is 89.9 Å². The lowest BCUT2D eigenvalue weighted by atomic mass is 9.99. The highest BCUT2D eigenvalue weighted by atomic mass is 16.7. The standard InChI is InChI=1S/C65H117NO10/c1-4-7-10-13-16-19-22-25-27-29-31-32-34-37-40-43-46-49-52-58(69)64(73)66-56(57(68)51-48-45-42-39-36-24-21-18-15-12-9-6-3)55-74-65-63(62(72)61(71)59(54-67)75-65)76-60(70)53-50-47-44-41-38-35-33-30-28-26-23-20-17-14-11-8-5-2/h16-17,19-20,25-28,48,51,56-59,61-63,65,67-69,71-72H,4-15,18,21-24,29-47,49-50,52-55H2,1-3H3,(H,66,73)/b19-16-,20-17-,27-25-,28-26-,51-48+. The van der Waals surface area contributed by atoms with Crippen molar-refractivity contribution >= 4 is 11.9 Å². The summed E-state index contributed by atoms with van der Waals surface area (Å²) >= 11 is 0. The number of carbonyl (C=O) groups excluding carboxylic acids is 2. The van der Waals surface area contributed by atoms with E-state index < -0.39 is 67.4 Å². The number of hydrogen-bond donors (Lipinski definition) is 6. The quantitative estimate of drug-likeness (QED) is 0.0195. The first-order chi connectivity index (χ1) is 37.2. The summed E-state index contributed by atoms with van der Waals surface area (Å²) in [4.78, 5) is 26.6. The largest absolute Gasteiger partial charge is 0.454 e. The van der Waals surface area contributed by atoms with Crippen LogP contribution in [0.1, 0.15) is 278 Å². The maximum atomic E-state index is 13.4. The molecule has 1 rings (SSSR count). The van der Waals surface area contributed by atoms with Gasteiger partial charge < -0.3 is 45.1 Å². The van der Waals surface area contributed by atoms with E-state index in [9.17, 15) is 35.1 Å². The monoisotopic (exact) mass is 1070 g/mol. The van der Waals surface area contributed by atoms with E-state index in [1.807, 2.05) is 6.08 Å². The van der Waals surface area contributed by atoms with E-state index in [0.29, 0.717) is 12.8 Å². The van der Waals surface area contributed by atoms with Crippen LogP contribution in [0.5, 0.6) is 0 Å². The Morgan fingerprint density at radius 1 is 0.513 bits per heavy atom. The molecule has 0 saturated carbocycles. The Morgan fingerprint density at radius 2 is 0.908 bits per heavy atom. The Hall–Kier alpha value is -2.64. The zero-order valence-corrected chi connectivity index (χ0v) is 48.9. The average molecular weight is 1070 g/mol. The zero-order valence-electron chi connectivity index (χ0n) is 48.9. The summed E-state index contributed by atoms with van der Waals surface area (Å²) in [5, 5.41) is 57.0. The molecule has 442 valence electrons. The highest BCUT2D eigenvalue weighted by Gasteiger charge is 2.47. The van der Waals surface area contributed by atoms with Crippen LogP contribution in [0.3, 0.4) is 0 Å². The molecule has 1 saturated heterocycles. The number of nitrogens with one attached hydrogen (secondary N) is 1. The third-order valence-electron chi connectivity index (χ3n) is 14.6. The van der Waals surface area contributed by atoms with Gasteiger partial charge in [0.15, 0.2) is 12.4 Å². The minimum Gasteiger partial charge on any atom is -0.454 e. The van der Waals surface area contributed by atoms with Gasteiger partial charge in [-0.25, -0.2) is 0 Å². The number of rotatable bonds is 53. The predicted molar refractivity (Wildman–Crippen MR) is 315 cm³/mol. The molecule has 1 aliphatic heterocycles. The maximum absolute atomic E-state index is 13.4. The molecule has 0 aromatic heterocycles. The minimum absolute atomic E-state index is 0.113. The van der Waals surface area contributed by atoms with E-state index in [1.54, 1.807) is 6.08 Å². The second kappa shape index (κ2) is 53.0. The molecular weight excluding hydrogens is 955 g/mol. The summed E-state index contributed by atoms with van der Waals surface area (Å²) in [7, 11) is 0. The molecule has 1 fully saturated rings. The Morgan fingerprint density at radius 3 is 1.37 bits per heavy atom. The molecular formula is C65H117NO10. The molecule has 11 heteroatoms. The van der Waals surface area contributed by atoms with Crippen LogP contribution >= 0.6 is 0 Å². The van der Waals surface area contributed by atoms with Crippen LogP contribution in [-0.4, -0.2) is 99.6 Å². The molecule has 0 radical (unpaired) electrons. The van der Waals surface area contributed by atoms with Crippen molar-refractivity contribution in [2.24, 2.45) is 0 Å². The van der Waals surface area contributed by atoms with Crippen molar-refractivity contribution in [2.45, 2.75) is 327 Å². The number of esters is 1. The van der Waals surface area contributed by atoms with E-state index in [1.165, 1.54) is 141 Å². The summed E-state index contributed by atoms with van der Waals surface area (Å²) < 4.78 is 17.6. The van der Waals surface area contributed by atoms with Gasteiger partial charge in [-0.15, -0.1) is 0 Å². The SMILES string of the molecule is CCCCC/C=C\C/C=C\CCCCCCCCCCC(O)C(=O)NC(COC1OC(CO)C(O)C(O)C1OC(=O)CCCCCCCCC/C=C\C/C=C\CCCCC)C(O)/C=C/CCCCCCCCCCCC. The summed E-state index contributed by atoms with van der Waals surface area (Å²) in [6, 6.07) is -1.03. The Bertz CT molecular complexity index is 1460. The van der Waals surface area contributed by atoms with Crippen molar-refractivity contribution in [1.29, 1.82) is 0 Å². The molecule has 6 N–H and O–H groups in total. The second-order valence-electron chi connectivity index (χ2n) is 21.8. The van der Waals surface area contributed by atoms with Crippen LogP contribution in [-0.2, 0) is 23.8 Å². The molecule has 0 aliphatic carbocycles. The second-order valence-corrected chi connectivity index (χ2v) is 21.8. The third-order valence-corrected chi connectivity index (χ3v) is 14.6. The van der Waals surface area contributed by atoms with Crippen LogP contribution in [0, 0.1) is 0 Å². The van der Waals surface area contributed by atoms with Crippen molar-refractivity contribution in [2.75, 3.05) is 13.2 Å². The number of unbranched alkanes of at least 4 members (excludes halogenated alkanes) is 31. The van der Waals surface area contributed by atoms with Gasteiger partial charge in [-0.2, -0.15) is 0 Å². The number of ether oxygens (including phenoxy) is 3. The Balaban J connectivity index is 2.68. The number of aliphatic hydroxyl groups is 5. The fourth-order valence-electron chi connectivity index (χ4n) is 9.59. The topological polar surface area (TPSA) is 175 Å². The summed E-state index contributed by atoms with van der Waals surface area (Å²) in [6.07, 6.45) is 55.3. The fourth-order valence-corrected chi connectivity index (χ4v) is 9.59. The molecule has 0 bridgehead atoms. The van der Waals surface area contributed by atoms with Gasteiger partial charge in [0.1, 0.15) is 24.4 Å². The third kappa shape index (κ3) is 40.5. The van der Waals surface area contributed by atoms with Gasteiger partial charge in [0, 0.05) is 6.42 Å². The first-order valence-electron chi connectivity index (χ1n) is 31.6. The smallest absolute Gasteiger partial charge is 0.306 e. The molecule has 0 aromatic carbocycles. The maximum Gasteiger partial charge on any atom is 0.306 e. The molecule has 11 nitrogen and oxygen atoms in total. The Labute approximate surface area is 465 Å². The van der Waals surface area contributed by atoms with Crippen molar-refractivity contribution in [1.82, 2.24) is 5.32 Å². The molecule has 8 unspecified atom stereocenters. The van der Waals surface area contributed by atoms with Gasteiger partial charge >= 0.3 is 5.97 Å². The van der Waals surface area contributed by atoms with Crippen molar-refractivity contribution < 1.29 is 49.3 Å². The zero-order chi connectivity index (χ0) is 55.4. The summed E-state index contributed by atoms with van der Waals surface area (Å²) in [6.45, 7) is 5.74. The molecule has 0 aromatic rings. The molecule has 8 atom stereocenters. The number of allylic oxidation sites excluding steroid dienone is 9. The average Bonchev–Trinajstić information content (AvgIpc) is 3.42. The van der Waals surface area contributed by atoms with Crippen molar-refractivity contribution in [3.05, 3.63) is 60.8 Å². The lowest BCUT2D eigenvalue weighted by Crippen LogP contribution is -2.61. The minimum atomic E-state index is -1.62. The van der Waals surface area contributed by atoms with Crippen LogP contribution in [0.25, 0.3) is 0 Å². The van der Waals surface area contributed by atoms with Crippen molar-refractivity contribution in [3.8, 4) is 0 Å². The van der Waals surface area contributed by atoms with Crippen LogP contribution in [0.2, 0.25) is 0 Å². The van der Waals surface area contributed by atoms with E-state index >= 15 is 0 Å². The number of hydrogen-bond acceptors (Lipinski definition) is 10. The Kier molecular flexibility index (Phi) is 49.8. The lowest BCUT2D eigenvalue weighted by Gasteiger charge is -2.41. The summed E-state index contributed by atoms with van der Waals surface area (Å²) in [5.41, 5.74) is 0. The van der Waals surface area contributed by atoms with E-state index in [2.05, 4.69) is 74.7 Å². The van der Waals surface area contributed by atoms with Crippen molar-refractivity contribution in [3.63, 3.8) is 0 Å². The number of carbonyl (C=O) groups is 2. The van der Waals surface area contributed by atoms with Gasteiger partial charge in [0.2, 0.25) is 5.91 Å². The van der Waals surface area contributed by atoms with Gasteiger partial charge in [0.05, 0.1) is 25.4 Å². The predicted octanol–water partition coefficient (Wildman–Crippen LogP) is 15.0. The summed E-state index contributed by atoms with van der Waals surface area (Å²) in [5.74, 6) is -1.20. The molecule has 0 spiro atoms. The normalized spacial score (nSPS) is 19.5. The van der Waals surface area contributed by atoms with Gasteiger partial charge in [0.25, 0.3) is 0 Å². The van der Waals surface area contributed by atoms with Crippen LogP contribution in [0.4, 0.5) is 0 Å². The van der Waals surface area contributed by atoms with Gasteiger partial charge in [-0.1, -0.05) is 242 Å². The van der Waals surface area contributed by atoms with Gasteiger partial charge in [-0.3, -0.25) is 9.59 Å². The number of aliphatic hydroxyl groups excluding tert-OH is 5. The first kappa shape index (κ1) is 71.4. The molecule has 1 heterocycles. The van der Waals surface area contributed by atoms with Crippen LogP contribution < -0.4 is 5.32 Å². The van der Waals surface area contributed by atoms with Gasteiger partial charge in [-0.05, 0) is 89.9 Å². The number of amides is 1. The lowest BCUT2D eigenvalue weighted by molar-refractivity contribution is -0.305. The molecule has 1 amide bonds. The van der Waals surface area contributed by atoms with E-state index in [-0.39, 0.29) is 19.4 Å². The van der Waals surface area contributed by atoms with E-state index in [4.69, 9.17) is 14.2 Å². The molecule has 1 aliphatic rings.